The van der Waals surface area contributed by atoms with Crippen LogP contribution in [0.25, 0.3) is 0 Å². The SMILES string of the molecule is O=C(CCC1CCCCN1)N(Cc1cccs1)C1CC1. The number of rotatable bonds is 6. The first-order valence-corrected chi connectivity index (χ1v) is 8.76. The summed E-state index contributed by atoms with van der Waals surface area (Å²) in [6.45, 7) is 1.94. The van der Waals surface area contributed by atoms with Crippen LogP contribution in [0, 0.1) is 0 Å². The Morgan fingerprint density at radius 2 is 2.25 bits per heavy atom. The predicted molar refractivity (Wildman–Crippen MR) is 82.8 cm³/mol. The Morgan fingerprint density at radius 1 is 1.35 bits per heavy atom. The lowest BCUT2D eigenvalue weighted by Crippen LogP contribution is -2.37. The maximum atomic E-state index is 12.5. The van der Waals surface area contributed by atoms with Gasteiger partial charge in [-0.2, -0.15) is 0 Å². The zero-order valence-electron chi connectivity index (χ0n) is 12.0. The predicted octanol–water partition coefficient (Wildman–Crippen LogP) is 3.16. The topological polar surface area (TPSA) is 32.3 Å². The molecular weight excluding hydrogens is 268 g/mol. The van der Waals surface area contributed by atoms with Crippen molar-refractivity contribution in [2.24, 2.45) is 0 Å². The van der Waals surface area contributed by atoms with Crippen LogP contribution in [0.1, 0.15) is 49.8 Å². The zero-order valence-corrected chi connectivity index (χ0v) is 12.8. The lowest BCUT2D eigenvalue weighted by atomic mass is 10.0. The number of carbonyl (C=O) groups is 1. The molecule has 2 fully saturated rings. The van der Waals surface area contributed by atoms with Gasteiger partial charge in [0.2, 0.25) is 5.91 Å². The number of nitrogens with one attached hydrogen (secondary N) is 1. The van der Waals surface area contributed by atoms with Gasteiger partial charge >= 0.3 is 0 Å². The molecule has 2 aliphatic rings. The molecule has 2 heterocycles. The van der Waals surface area contributed by atoms with Crippen LogP contribution >= 0.6 is 11.3 Å². The molecule has 20 heavy (non-hydrogen) atoms. The Hall–Kier alpha value is -0.870. The number of piperidine rings is 1. The van der Waals surface area contributed by atoms with E-state index in [2.05, 4.69) is 27.7 Å². The molecule has 4 heteroatoms. The fourth-order valence-electron chi connectivity index (χ4n) is 2.99. The van der Waals surface area contributed by atoms with Gasteiger partial charge in [0.25, 0.3) is 0 Å². The van der Waals surface area contributed by atoms with Crippen molar-refractivity contribution >= 4 is 17.2 Å². The van der Waals surface area contributed by atoms with E-state index >= 15 is 0 Å². The molecule has 1 saturated carbocycles. The summed E-state index contributed by atoms with van der Waals surface area (Å²) in [7, 11) is 0. The molecule has 1 aromatic heterocycles. The van der Waals surface area contributed by atoms with Crippen LogP contribution in [0.5, 0.6) is 0 Å². The summed E-state index contributed by atoms with van der Waals surface area (Å²) in [5.74, 6) is 0.355. The number of hydrogen-bond donors (Lipinski definition) is 1. The molecule has 1 unspecified atom stereocenters. The number of nitrogens with zero attached hydrogens (tertiary/aromatic N) is 1. The number of thiophene rings is 1. The van der Waals surface area contributed by atoms with Gasteiger partial charge in [0.15, 0.2) is 0 Å². The van der Waals surface area contributed by atoms with Crippen molar-refractivity contribution in [2.45, 2.75) is 63.6 Å². The second-order valence-corrected chi connectivity index (χ2v) is 7.05. The van der Waals surface area contributed by atoms with E-state index in [0.717, 1.165) is 19.5 Å². The molecule has 0 aromatic carbocycles. The van der Waals surface area contributed by atoms with Gasteiger partial charge in [0.05, 0.1) is 6.54 Å². The van der Waals surface area contributed by atoms with Crippen LogP contribution in [0.2, 0.25) is 0 Å². The molecule has 110 valence electrons. The second kappa shape index (κ2) is 6.72. The van der Waals surface area contributed by atoms with Gasteiger partial charge in [0.1, 0.15) is 0 Å². The normalized spacial score (nSPS) is 22.7. The molecule has 1 N–H and O–H groups in total. The smallest absolute Gasteiger partial charge is 0.223 e. The Bertz CT molecular complexity index is 422. The first-order chi connectivity index (χ1) is 9.83. The minimum Gasteiger partial charge on any atom is -0.335 e. The molecule has 0 radical (unpaired) electrons. The summed E-state index contributed by atoms with van der Waals surface area (Å²) in [6.07, 6.45) is 7.94. The van der Waals surface area contributed by atoms with Gasteiger partial charge in [-0.15, -0.1) is 11.3 Å². The van der Waals surface area contributed by atoms with Gasteiger partial charge in [-0.1, -0.05) is 12.5 Å². The van der Waals surface area contributed by atoms with E-state index in [9.17, 15) is 4.79 Å². The molecule has 1 atom stereocenters. The Labute approximate surface area is 125 Å². The highest BCUT2D eigenvalue weighted by Crippen LogP contribution is 2.30. The molecule has 3 nitrogen and oxygen atoms in total. The second-order valence-electron chi connectivity index (χ2n) is 6.02. The van der Waals surface area contributed by atoms with E-state index < -0.39 is 0 Å². The standard InChI is InChI=1S/C16H24N2OS/c19-16(9-6-13-4-1-2-10-17-13)18(14-7-8-14)12-15-5-3-11-20-15/h3,5,11,13-14,17H,1-2,4,6-10,12H2. The van der Waals surface area contributed by atoms with Gasteiger partial charge in [0, 0.05) is 23.4 Å². The van der Waals surface area contributed by atoms with Crippen molar-refractivity contribution in [3.63, 3.8) is 0 Å². The van der Waals surface area contributed by atoms with Crippen molar-refractivity contribution in [1.82, 2.24) is 10.2 Å². The van der Waals surface area contributed by atoms with Crippen molar-refractivity contribution in [2.75, 3.05) is 6.54 Å². The van der Waals surface area contributed by atoms with E-state index in [-0.39, 0.29) is 0 Å². The monoisotopic (exact) mass is 292 g/mol. The summed E-state index contributed by atoms with van der Waals surface area (Å²) in [6, 6.07) is 5.29. The summed E-state index contributed by atoms with van der Waals surface area (Å²) >= 11 is 1.75. The average Bonchev–Trinajstić information content (AvgIpc) is 3.20. The lowest BCUT2D eigenvalue weighted by molar-refractivity contribution is -0.132. The van der Waals surface area contributed by atoms with Crippen LogP contribution in [0.3, 0.4) is 0 Å². The minimum atomic E-state index is 0.355. The van der Waals surface area contributed by atoms with Crippen molar-refractivity contribution < 1.29 is 4.79 Å². The fraction of sp³-hybridized carbons (Fsp3) is 0.688. The molecule has 1 aliphatic heterocycles. The van der Waals surface area contributed by atoms with Gasteiger partial charge in [-0.3, -0.25) is 4.79 Å². The van der Waals surface area contributed by atoms with Crippen molar-refractivity contribution in [3.8, 4) is 0 Å². The van der Waals surface area contributed by atoms with Gasteiger partial charge < -0.3 is 10.2 Å². The van der Waals surface area contributed by atoms with Crippen LogP contribution in [-0.4, -0.2) is 29.4 Å². The number of amides is 1. The van der Waals surface area contributed by atoms with E-state index in [1.54, 1.807) is 11.3 Å². The summed E-state index contributed by atoms with van der Waals surface area (Å²) in [5, 5.41) is 5.63. The molecule has 0 spiro atoms. The highest BCUT2D eigenvalue weighted by atomic mass is 32.1. The van der Waals surface area contributed by atoms with E-state index in [0.29, 0.717) is 24.4 Å². The van der Waals surface area contributed by atoms with E-state index in [4.69, 9.17) is 0 Å². The average molecular weight is 292 g/mol. The van der Waals surface area contributed by atoms with E-state index in [1.807, 2.05) is 0 Å². The number of carbonyl (C=O) groups excluding carboxylic acids is 1. The molecule has 3 rings (SSSR count). The molecular formula is C16H24N2OS. The number of hydrogen-bond acceptors (Lipinski definition) is 3. The fourth-order valence-corrected chi connectivity index (χ4v) is 3.69. The third-order valence-corrected chi connectivity index (χ3v) is 5.19. The highest BCUT2D eigenvalue weighted by Gasteiger charge is 2.32. The minimum absolute atomic E-state index is 0.355. The summed E-state index contributed by atoms with van der Waals surface area (Å²) < 4.78 is 0. The van der Waals surface area contributed by atoms with Crippen molar-refractivity contribution in [3.05, 3.63) is 22.4 Å². The van der Waals surface area contributed by atoms with Crippen molar-refractivity contribution in [1.29, 1.82) is 0 Å². The summed E-state index contributed by atoms with van der Waals surface area (Å²) in [5.41, 5.74) is 0. The quantitative estimate of drug-likeness (QED) is 0.873. The zero-order chi connectivity index (χ0) is 13.8. The van der Waals surface area contributed by atoms with Crippen LogP contribution in [-0.2, 0) is 11.3 Å². The first kappa shape index (κ1) is 14.1. The van der Waals surface area contributed by atoms with Crippen LogP contribution < -0.4 is 5.32 Å². The third-order valence-electron chi connectivity index (χ3n) is 4.33. The first-order valence-electron chi connectivity index (χ1n) is 7.88. The third kappa shape index (κ3) is 3.83. The van der Waals surface area contributed by atoms with Gasteiger partial charge in [-0.05, 0) is 50.1 Å². The van der Waals surface area contributed by atoms with Crippen LogP contribution in [0.15, 0.2) is 17.5 Å². The molecule has 1 aromatic rings. The lowest BCUT2D eigenvalue weighted by Gasteiger charge is -2.26. The summed E-state index contributed by atoms with van der Waals surface area (Å²) in [4.78, 5) is 15.9. The molecule has 0 bridgehead atoms. The Kier molecular flexibility index (Phi) is 4.73. The maximum Gasteiger partial charge on any atom is 0.223 e. The largest absolute Gasteiger partial charge is 0.335 e. The van der Waals surface area contributed by atoms with Gasteiger partial charge in [-0.25, -0.2) is 0 Å². The maximum absolute atomic E-state index is 12.5. The van der Waals surface area contributed by atoms with Crippen LogP contribution in [0.4, 0.5) is 0 Å². The molecule has 1 aliphatic carbocycles. The highest BCUT2D eigenvalue weighted by molar-refractivity contribution is 7.09. The molecule has 1 amide bonds. The Morgan fingerprint density at radius 3 is 2.90 bits per heavy atom. The molecule has 1 saturated heterocycles. The Balaban J connectivity index is 1.50. The van der Waals surface area contributed by atoms with E-state index in [1.165, 1.54) is 37.0 Å².